The summed E-state index contributed by atoms with van der Waals surface area (Å²) in [6.07, 6.45) is 1.06. The lowest BCUT2D eigenvalue weighted by Gasteiger charge is -2.34. The van der Waals surface area contributed by atoms with E-state index in [2.05, 4.69) is 15.6 Å². The molecule has 1 aromatic carbocycles. The number of piperazine rings is 1. The van der Waals surface area contributed by atoms with E-state index < -0.39 is 35.8 Å². The van der Waals surface area contributed by atoms with Gasteiger partial charge < -0.3 is 25.1 Å². The summed E-state index contributed by atoms with van der Waals surface area (Å²) in [7, 11) is 0. The zero-order chi connectivity index (χ0) is 31.3. The fourth-order valence-corrected chi connectivity index (χ4v) is 5.61. The highest BCUT2D eigenvalue weighted by Crippen LogP contribution is 2.22. The third-order valence-electron chi connectivity index (χ3n) is 8.03. The number of aromatic nitrogens is 1. The van der Waals surface area contributed by atoms with Crippen LogP contribution >= 0.6 is 0 Å². The van der Waals surface area contributed by atoms with Crippen molar-refractivity contribution in [2.24, 2.45) is 11.8 Å². The van der Waals surface area contributed by atoms with Crippen LogP contribution in [0.5, 0.6) is 0 Å². The first-order valence-electron chi connectivity index (χ1n) is 14.9. The molecule has 0 radical (unpaired) electrons. The zero-order valence-electron chi connectivity index (χ0n) is 25.2. The third-order valence-corrected chi connectivity index (χ3v) is 8.03. The number of hydrogen-bond donors (Lipinski definition) is 3. The molecule has 0 bridgehead atoms. The zero-order valence-corrected chi connectivity index (χ0v) is 25.2. The summed E-state index contributed by atoms with van der Waals surface area (Å²) in [5.74, 6) is -2.95. The van der Waals surface area contributed by atoms with Crippen LogP contribution in [0.1, 0.15) is 51.2 Å². The molecule has 1 aromatic heterocycles. The number of carbonyl (C=O) groups is 5. The molecule has 3 amide bonds. The van der Waals surface area contributed by atoms with Crippen LogP contribution in [0, 0.1) is 11.8 Å². The van der Waals surface area contributed by atoms with E-state index in [4.69, 9.17) is 9.52 Å². The monoisotopic (exact) mass is 598 g/mol. The molecule has 13 heteroatoms. The lowest BCUT2D eigenvalue weighted by atomic mass is 9.98. The van der Waals surface area contributed by atoms with E-state index in [1.807, 2.05) is 37.5 Å². The van der Waals surface area contributed by atoms with E-state index in [0.29, 0.717) is 56.7 Å². The molecule has 234 valence electrons. The van der Waals surface area contributed by atoms with Crippen molar-refractivity contribution in [2.45, 2.75) is 58.7 Å². The summed E-state index contributed by atoms with van der Waals surface area (Å²) >= 11 is 0. The van der Waals surface area contributed by atoms with Crippen LogP contribution in [0.2, 0.25) is 0 Å². The average Bonchev–Trinajstić information content (AvgIpc) is 3.62. The molecule has 3 heterocycles. The number of likely N-dealkylation sites (tertiary alicyclic amines) is 1. The average molecular weight is 599 g/mol. The second-order valence-electron chi connectivity index (χ2n) is 12.0. The Bertz CT molecular complexity index is 1300. The highest BCUT2D eigenvalue weighted by molar-refractivity contribution is 6.01. The molecule has 0 saturated carbocycles. The second-order valence-corrected chi connectivity index (χ2v) is 12.0. The number of aliphatic carboxylic acids is 1. The van der Waals surface area contributed by atoms with Crippen molar-refractivity contribution in [3.63, 3.8) is 0 Å². The van der Waals surface area contributed by atoms with E-state index in [1.165, 1.54) is 4.90 Å². The van der Waals surface area contributed by atoms with Gasteiger partial charge in [0.05, 0.1) is 19.1 Å². The van der Waals surface area contributed by atoms with Crippen molar-refractivity contribution >= 4 is 40.6 Å². The van der Waals surface area contributed by atoms with E-state index in [9.17, 15) is 24.0 Å². The predicted octanol–water partition coefficient (Wildman–Crippen LogP) is 0.985. The smallest absolute Gasteiger partial charge is 0.317 e. The topological polar surface area (TPSA) is 165 Å². The van der Waals surface area contributed by atoms with E-state index in [1.54, 1.807) is 24.3 Å². The summed E-state index contributed by atoms with van der Waals surface area (Å²) in [4.78, 5) is 74.0. The molecule has 3 atom stereocenters. The third kappa shape index (κ3) is 7.96. The number of Topliss-reactive ketones (excluding diaryl/α,β-unsaturated/α-hetero) is 1. The fraction of sp³-hybridized carbons (Fsp3) is 0.600. The summed E-state index contributed by atoms with van der Waals surface area (Å²) in [6, 6.07) is 4.55. The Kier molecular flexibility index (Phi) is 10.5. The molecule has 13 nitrogen and oxygen atoms in total. The fourth-order valence-electron chi connectivity index (χ4n) is 5.61. The van der Waals surface area contributed by atoms with Crippen molar-refractivity contribution in [2.75, 3.05) is 45.8 Å². The summed E-state index contributed by atoms with van der Waals surface area (Å²) in [5.41, 5.74) is 1.03. The molecule has 0 aliphatic carbocycles. The van der Waals surface area contributed by atoms with E-state index in [0.717, 1.165) is 0 Å². The quantitative estimate of drug-likeness (QED) is 0.300. The predicted molar refractivity (Wildman–Crippen MR) is 157 cm³/mol. The standard InChI is InChI=1S/C30H42N6O7/c1-18(2)25(27(40)29-31-20-8-5-6-10-22(20)43-29)33-28(41)21-9-7-11-36(21)30(42)26(19(3)4)32-23(37)16-34-12-14-35(15-13-34)17-24(38)39/h5-6,8,10,18-19,21,25-26H,7,9,11-17H2,1-4H3,(H,32,37)(H,33,41)(H,38,39)/t21-,25-,26-/m0/s1. The van der Waals surface area contributed by atoms with Crippen molar-refractivity contribution in [3.05, 3.63) is 30.2 Å². The Balaban J connectivity index is 1.37. The number of carboxylic acids is 1. The maximum Gasteiger partial charge on any atom is 0.317 e. The molecule has 2 aromatic rings. The Morgan fingerprint density at radius 3 is 2.14 bits per heavy atom. The second kappa shape index (κ2) is 14.1. The number of para-hydroxylation sites is 2. The van der Waals surface area contributed by atoms with Gasteiger partial charge in [0.2, 0.25) is 23.5 Å². The SMILES string of the molecule is CC(C)[C@H](NC(=O)[C@@H]1CCCN1C(=O)[C@@H](NC(=O)CN1CCN(CC(=O)O)CC1)C(C)C)C(=O)c1nc2ccccc2o1. The first-order valence-corrected chi connectivity index (χ1v) is 14.9. The summed E-state index contributed by atoms with van der Waals surface area (Å²) < 4.78 is 5.65. The van der Waals surface area contributed by atoms with E-state index >= 15 is 0 Å². The number of amides is 3. The van der Waals surface area contributed by atoms with Gasteiger partial charge in [0.25, 0.3) is 5.89 Å². The van der Waals surface area contributed by atoms with Gasteiger partial charge in [0.15, 0.2) is 5.58 Å². The van der Waals surface area contributed by atoms with Gasteiger partial charge in [0.1, 0.15) is 17.6 Å². The van der Waals surface area contributed by atoms with Crippen molar-refractivity contribution in [3.8, 4) is 0 Å². The highest BCUT2D eigenvalue weighted by atomic mass is 16.4. The van der Waals surface area contributed by atoms with Crippen LogP contribution in [0.3, 0.4) is 0 Å². The Morgan fingerprint density at radius 2 is 1.53 bits per heavy atom. The van der Waals surface area contributed by atoms with Gasteiger partial charge in [-0.3, -0.25) is 33.8 Å². The Hall–Kier alpha value is -3.84. The first kappa shape index (κ1) is 32.1. The van der Waals surface area contributed by atoms with Gasteiger partial charge in [-0.25, -0.2) is 4.98 Å². The molecule has 43 heavy (non-hydrogen) atoms. The van der Waals surface area contributed by atoms with Gasteiger partial charge in [-0.15, -0.1) is 0 Å². The minimum atomic E-state index is -0.894. The normalized spacial score (nSPS) is 19.5. The van der Waals surface area contributed by atoms with Gasteiger partial charge in [0, 0.05) is 32.7 Å². The number of benzene rings is 1. The van der Waals surface area contributed by atoms with Crippen molar-refractivity contribution < 1.29 is 33.5 Å². The first-order chi connectivity index (χ1) is 20.4. The molecular weight excluding hydrogens is 556 g/mol. The number of nitrogens with one attached hydrogen (secondary N) is 2. The minimum Gasteiger partial charge on any atom is -0.480 e. The molecule has 2 aliphatic rings. The number of ketones is 1. The number of fused-ring (bicyclic) bond motifs is 1. The number of nitrogens with zero attached hydrogens (tertiary/aromatic N) is 4. The Morgan fingerprint density at radius 1 is 0.907 bits per heavy atom. The number of carbonyl (C=O) groups excluding carboxylic acids is 4. The summed E-state index contributed by atoms with van der Waals surface area (Å²) in [6.45, 7) is 9.94. The number of hydrogen-bond acceptors (Lipinski definition) is 9. The van der Waals surface area contributed by atoms with Gasteiger partial charge in [-0.2, -0.15) is 0 Å². The molecule has 0 spiro atoms. The number of carboxylic acid groups (broad SMARTS) is 1. The molecule has 2 saturated heterocycles. The minimum absolute atomic E-state index is 0.0303. The van der Waals surface area contributed by atoms with Crippen molar-refractivity contribution in [1.82, 2.24) is 30.3 Å². The van der Waals surface area contributed by atoms with E-state index in [-0.39, 0.29) is 42.6 Å². The maximum atomic E-state index is 13.7. The lowest BCUT2D eigenvalue weighted by molar-refractivity contribution is -0.142. The highest BCUT2D eigenvalue weighted by Gasteiger charge is 2.40. The number of oxazole rings is 1. The molecule has 4 rings (SSSR count). The van der Waals surface area contributed by atoms with Crippen LogP contribution < -0.4 is 10.6 Å². The lowest BCUT2D eigenvalue weighted by Crippen LogP contribution is -2.58. The van der Waals surface area contributed by atoms with Crippen LogP contribution in [0.15, 0.2) is 28.7 Å². The van der Waals surface area contributed by atoms with Gasteiger partial charge in [-0.1, -0.05) is 39.8 Å². The molecule has 3 N–H and O–H groups in total. The number of rotatable bonds is 12. The van der Waals surface area contributed by atoms with Crippen LogP contribution in [0.25, 0.3) is 11.1 Å². The molecule has 2 aliphatic heterocycles. The molecular formula is C30H42N6O7. The Labute approximate surface area is 250 Å². The largest absolute Gasteiger partial charge is 0.480 e. The summed E-state index contributed by atoms with van der Waals surface area (Å²) in [5, 5.41) is 14.7. The van der Waals surface area contributed by atoms with Crippen molar-refractivity contribution in [1.29, 1.82) is 0 Å². The maximum absolute atomic E-state index is 13.7. The molecule has 0 unspecified atom stereocenters. The molecule has 2 fully saturated rings. The van der Waals surface area contributed by atoms with Crippen LogP contribution in [0.4, 0.5) is 0 Å². The van der Waals surface area contributed by atoms with Gasteiger partial charge >= 0.3 is 5.97 Å². The van der Waals surface area contributed by atoms with Crippen LogP contribution in [-0.4, -0.2) is 118 Å². The van der Waals surface area contributed by atoms with Gasteiger partial charge in [-0.05, 0) is 36.8 Å². The van der Waals surface area contributed by atoms with Crippen LogP contribution in [-0.2, 0) is 19.2 Å².